The average Bonchev–Trinajstić information content (AvgIpc) is 2.47. The summed E-state index contributed by atoms with van der Waals surface area (Å²) in [5.41, 5.74) is 5.23. The second-order valence-electron chi connectivity index (χ2n) is 5.28. The maximum atomic E-state index is 5.89. The van der Waals surface area contributed by atoms with Gasteiger partial charge in [-0.1, -0.05) is 0 Å². The van der Waals surface area contributed by atoms with Crippen molar-refractivity contribution in [2.24, 2.45) is 0 Å². The third-order valence-corrected chi connectivity index (χ3v) is 3.46. The first-order valence-electron chi connectivity index (χ1n) is 5.79. The Bertz CT molecular complexity index is 449. The quantitative estimate of drug-likeness (QED) is 0.765. The Morgan fingerprint density at radius 3 is 2.28 bits per heavy atom. The van der Waals surface area contributed by atoms with Crippen molar-refractivity contribution >= 4 is 18.5 Å². The summed E-state index contributed by atoms with van der Waals surface area (Å²) >= 11 is 0. The smallest absolute Gasteiger partial charge is 0.480 e. The third kappa shape index (κ3) is 2.04. The van der Waals surface area contributed by atoms with Gasteiger partial charge in [-0.3, -0.25) is 4.98 Å². The Kier molecular flexibility index (Phi) is 2.99. The molecule has 1 aromatic rings. The van der Waals surface area contributed by atoms with E-state index in [1.165, 1.54) is 13.3 Å². The van der Waals surface area contributed by atoms with Gasteiger partial charge in [0.25, 0.3) is 0 Å². The topological polar surface area (TPSA) is 79.5 Å². The third-order valence-electron chi connectivity index (χ3n) is 3.46. The predicted molar refractivity (Wildman–Crippen MR) is 68.7 cm³/mol. The van der Waals surface area contributed by atoms with E-state index in [-0.39, 0.29) is 0 Å². The molecule has 1 aromatic heterocycles. The van der Waals surface area contributed by atoms with Crippen LogP contribution in [0.1, 0.15) is 27.7 Å². The molecule has 1 saturated heterocycles. The van der Waals surface area contributed by atoms with Gasteiger partial charge in [0.2, 0.25) is 5.88 Å². The van der Waals surface area contributed by atoms with Gasteiger partial charge in [0.1, 0.15) is 11.4 Å². The van der Waals surface area contributed by atoms with Crippen LogP contribution in [0.15, 0.2) is 6.20 Å². The van der Waals surface area contributed by atoms with E-state index in [9.17, 15) is 0 Å². The molecule has 0 saturated carbocycles. The minimum Gasteiger partial charge on any atom is -0.480 e. The molecule has 0 unspecified atom stereocenters. The van der Waals surface area contributed by atoms with Crippen molar-refractivity contribution in [1.82, 2.24) is 9.97 Å². The first kappa shape index (κ1) is 13.1. The molecule has 2 rings (SSSR count). The number of aromatic nitrogens is 2. The number of hydrogen-bond donors (Lipinski definition) is 1. The van der Waals surface area contributed by atoms with E-state index < -0.39 is 18.3 Å². The summed E-state index contributed by atoms with van der Waals surface area (Å²) in [4.78, 5) is 8.26. The van der Waals surface area contributed by atoms with Crippen molar-refractivity contribution in [3.8, 4) is 5.88 Å². The molecule has 6 nitrogen and oxygen atoms in total. The standard InChI is InChI=1S/C11H18BN3O3/c1-10(2)11(3,4)18-12(17-10)8-9(16-5)15-7(13)6-14-8/h6H,1-5H3,(H2,13,15). The molecular formula is C11H18BN3O3. The minimum atomic E-state index is -0.599. The molecule has 0 bridgehead atoms. The van der Waals surface area contributed by atoms with Gasteiger partial charge in [-0.2, -0.15) is 4.98 Å². The molecule has 0 spiro atoms. The van der Waals surface area contributed by atoms with Crippen LogP contribution in [0, 0.1) is 0 Å². The highest BCUT2D eigenvalue weighted by Crippen LogP contribution is 2.36. The SMILES string of the molecule is COc1nc(N)cnc1B1OC(C)(C)C(C)(C)O1. The van der Waals surface area contributed by atoms with Crippen molar-refractivity contribution in [3.63, 3.8) is 0 Å². The highest BCUT2D eigenvalue weighted by atomic mass is 16.7. The lowest BCUT2D eigenvalue weighted by molar-refractivity contribution is 0.00578. The zero-order chi connectivity index (χ0) is 13.6. The number of methoxy groups -OCH3 is 1. The van der Waals surface area contributed by atoms with Gasteiger partial charge in [-0.25, -0.2) is 0 Å². The molecule has 7 heteroatoms. The fraction of sp³-hybridized carbons (Fsp3) is 0.636. The average molecular weight is 251 g/mol. The van der Waals surface area contributed by atoms with Gasteiger partial charge in [0, 0.05) is 0 Å². The Labute approximate surface area is 107 Å². The van der Waals surface area contributed by atoms with Crippen LogP contribution in [0.3, 0.4) is 0 Å². The fourth-order valence-electron chi connectivity index (χ4n) is 1.66. The van der Waals surface area contributed by atoms with Crippen LogP contribution in [-0.4, -0.2) is 35.4 Å². The van der Waals surface area contributed by atoms with Gasteiger partial charge >= 0.3 is 7.12 Å². The molecule has 98 valence electrons. The van der Waals surface area contributed by atoms with Gasteiger partial charge in [-0.05, 0) is 27.7 Å². The number of anilines is 1. The number of hydrogen-bond acceptors (Lipinski definition) is 6. The highest BCUT2D eigenvalue weighted by Gasteiger charge is 2.53. The second-order valence-corrected chi connectivity index (χ2v) is 5.28. The lowest BCUT2D eigenvalue weighted by Gasteiger charge is -2.32. The van der Waals surface area contributed by atoms with Crippen LogP contribution in [-0.2, 0) is 9.31 Å². The van der Waals surface area contributed by atoms with Crippen molar-refractivity contribution in [2.75, 3.05) is 12.8 Å². The molecule has 1 aliphatic rings. The Morgan fingerprint density at radius 2 is 1.78 bits per heavy atom. The van der Waals surface area contributed by atoms with Crippen molar-refractivity contribution in [3.05, 3.63) is 6.20 Å². The normalized spacial score (nSPS) is 21.1. The summed E-state index contributed by atoms with van der Waals surface area (Å²) in [6.45, 7) is 7.91. The zero-order valence-corrected chi connectivity index (χ0v) is 11.4. The van der Waals surface area contributed by atoms with Crippen LogP contribution >= 0.6 is 0 Å². The molecule has 2 N–H and O–H groups in total. The Hall–Kier alpha value is -1.34. The van der Waals surface area contributed by atoms with Crippen LogP contribution in [0.5, 0.6) is 5.88 Å². The molecule has 1 fully saturated rings. The zero-order valence-electron chi connectivity index (χ0n) is 11.4. The van der Waals surface area contributed by atoms with Crippen LogP contribution in [0.4, 0.5) is 5.82 Å². The van der Waals surface area contributed by atoms with E-state index in [0.717, 1.165) is 0 Å². The van der Waals surface area contributed by atoms with E-state index in [0.29, 0.717) is 17.3 Å². The summed E-state index contributed by atoms with van der Waals surface area (Å²) in [7, 11) is 0.913. The van der Waals surface area contributed by atoms with Crippen LogP contribution < -0.4 is 16.1 Å². The largest absolute Gasteiger partial charge is 0.520 e. The molecule has 0 aliphatic carbocycles. The molecule has 0 radical (unpaired) electrons. The van der Waals surface area contributed by atoms with Gasteiger partial charge in [0.05, 0.1) is 24.5 Å². The first-order chi connectivity index (χ1) is 8.27. The highest BCUT2D eigenvalue weighted by molar-refractivity contribution is 6.62. The monoisotopic (exact) mass is 251 g/mol. The number of nitrogens with two attached hydrogens (primary N) is 1. The van der Waals surface area contributed by atoms with Gasteiger partial charge in [-0.15, -0.1) is 0 Å². The van der Waals surface area contributed by atoms with Gasteiger partial charge < -0.3 is 19.8 Å². The number of nitrogen functional groups attached to an aromatic ring is 1. The predicted octanol–water partition coefficient (Wildman–Crippen LogP) is 0.367. The number of nitrogens with zero attached hydrogens (tertiary/aromatic N) is 2. The van der Waals surface area contributed by atoms with E-state index in [4.69, 9.17) is 19.8 Å². The summed E-state index contributed by atoms with van der Waals surface area (Å²) in [6, 6.07) is 0. The van der Waals surface area contributed by atoms with Crippen LogP contribution in [0.2, 0.25) is 0 Å². The maximum Gasteiger partial charge on any atom is 0.520 e. The van der Waals surface area contributed by atoms with Gasteiger partial charge in [0.15, 0.2) is 0 Å². The minimum absolute atomic E-state index is 0.298. The summed E-state index contributed by atoms with van der Waals surface area (Å²) in [5.74, 6) is 0.626. The number of ether oxygens (including phenoxy) is 1. The van der Waals surface area contributed by atoms with Crippen molar-refractivity contribution < 1.29 is 14.0 Å². The molecule has 0 atom stereocenters. The summed E-state index contributed by atoms with van der Waals surface area (Å²) in [6.07, 6.45) is 1.46. The Morgan fingerprint density at radius 1 is 1.22 bits per heavy atom. The molecule has 0 aromatic carbocycles. The fourth-order valence-corrected chi connectivity index (χ4v) is 1.66. The first-order valence-corrected chi connectivity index (χ1v) is 5.79. The van der Waals surface area contributed by atoms with E-state index in [2.05, 4.69) is 9.97 Å². The molecule has 2 heterocycles. The molecule has 18 heavy (non-hydrogen) atoms. The summed E-state index contributed by atoms with van der Waals surface area (Å²) in [5, 5.41) is 0. The lowest BCUT2D eigenvalue weighted by atomic mass is 9.84. The molecule has 1 aliphatic heterocycles. The van der Waals surface area contributed by atoms with Crippen molar-refractivity contribution in [1.29, 1.82) is 0 Å². The summed E-state index contributed by atoms with van der Waals surface area (Å²) < 4.78 is 16.9. The molecular weight excluding hydrogens is 233 g/mol. The van der Waals surface area contributed by atoms with Crippen LogP contribution in [0.25, 0.3) is 0 Å². The van der Waals surface area contributed by atoms with E-state index >= 15 is 0 Å². The van der Waals surface area contributed by atoms with E-state index in [1.807, 2.05) is 27.7 Å². The molecule has 0 amide bonds. The number of rotatable bonds is 2. The maximum absolute atomic E-state index is 5.89. The van der Waals surface area contributed by atoms with Crippen molar-refractivity contribution in [2.45, 2.75) is 38.9 Å². The lowest BCUT2D eigenvalue weighted by Crippen LogP contribution is -2.41. The Balaban J connectivity index is 2.35. The van der Waals surface area contributed by atoms with E-state index in [1.54, 1.807) is 0 Å². The second kappa shape index (κ2) is 4.10.